The van der Waals surface area contributed by atoms with E-state index in [2.05, 4.69) is 32.1 Å². The molecule has 0 fully saturated rings. The van der Waals surface area contributed by atoms with Crippen LogP contribution in [-0.4, -0.2) is 71.7 Å². The monoisotopic (exact) mass is 545 g/mol. The molecule has 0 saturated carbocycles. The van der Waals surface area contributed by atoms with Crippen LogP contribution < -0.4 is 20.3 Å². The molecule has 1 amide bonds. The number of hydrogen-bond acceptors (Lipinski definition) is 8. The number of hydrogen-bond donors (Lipinski definition) is 2. The van der Waals surface area contributed by atoms with E-state index in [1.54, 1.807) is 43.9 Å². The Balaban J connectivity index is 1.71. The molecule has 1 atom stereocenters. The first kappa shape index (κ1) is 24.6. The second-order valence-corrected chi connectivity index (χ2v) is 9.79. The largest absolute Gasteiger partial charge is 0.494 e. The number of methoxy groups -OCH3 is 1. The van der Waals surface area contributed by atoms with E-state index in [9.17, 15) is 4.79 Å². The molecule has 0 bridgehead atoms. The topological polar surface area (TPSA) is 100 Å². The maximum atomic E-state index is 12.3. The molecule has 2 heterocycles. The van der Waals surface area contributed by atoms with Crippen molar-refractivity contribution in [3.05, 3.63) is 61.1 Å². The van der Waals surface area contributed by atoms with Gasteiger partial charge in [0.2, 0.25) is 11.9 Å². The summed E-state index contributed by atoms with van der Waals surface area (Å²) in [5, 5.41) is 6.12. The normalized spacial score (nSPS) is 13.3. The SMILES string of the molecule is [2H]C([2H])([2H])C(C)n1c(C)nc2ccc(-c3ccnc(Nc4cc(NC(=O)C=C)c(N(C)CCN(C)C)cc4OC)n3)cc21. The van der Waals surface area contributed by atoms with Crippen molar-refractivity contribution >= 4 is 40.0 Å². The highest BCUT2D eigenvalue weighted by molar-refractivity contribution is 6.02. The number of aromatic nitrogens is 4. The zero-order valence-corrected chi connectivity index (χ0v) is 23.8. The molecule has 0 saturated heterocycles. The number of carbonyl (C=O) groups is 1. The summed E-state index contributed by atoms with van der Waals surface area (Å²) >= 11 is 0. The smallest absolute Gasteiger partial charge is 0.247 e. The lowest BCUT2D eigenvalue weighted by molar-refractivity contribution is -0.111. The van der Waals surface area contributed by atoms with Crippen LogP contribution in [0.5, 0.6) is 5.75 Å². The fourth-order valence-electron chi connectivity index (χ4n) is 4.47. The van der Waals surface area contributed by atoms with E-state index < -0.39 is 12.9 Å². The molecular weight excluding hydrogens is 504 g/mol. The predicted molar refractivity (Wildman–Crippen MR) is 163 cm³/mol. The molecule has 2 N–H and O–H groups in total. The van der Waals surface area contributed by atoms with Gasteiger partial charge in [-0.1, -0.05) is 12.6 Å². The maximum absolute atomic E-state index is 12.3. The van der Waals surface area contributed by atoms with Gasteiger partial charge in [-0.25, -0.2) is 15.0 Å². The molecule has 0 aliphatic carbocycles. The van der Waals surface area contributed by atoms with Crippen LogP contribution in [0.1, 0.15) is 29.8 Å². The molecule has 0 aliphatic heterocycles. The van der Waals surface area contributed by atoms with Crippen LogP contribution in [0.25, 0.3) is 22.3 Å². The van der Waals surface area contributed by atoms with Gasteiger partial charge in [0.05, 0.1) is 40.9 Å². The van der Waals surface area contributed by atoms with Crippen LogP contribution in [0, 0.1) is 6.92 Å². The van der Waals surface area contributed by atoms with Crippen LogP contribution in [0.3, 0.4) is 0 Å². The number of fused-ring (bicyclic) bond motifs is 1. The van der Waals surface area contributed by atoms with Gasteiger partial charge in [-0.15, -0.1) is 0 Å². The van der Waals surface area contributed by atoms with Crippen LogP contribution in [0.15, 0.2) is 55.3 Å². The molecular formula is C30H38N8O2. The van der Waals surface area contributed by atoms with Gasteiger partial charge in [-0.05, 0) is 65.1 Å². The van der Waals surface area contributed by atoms with Gasteiger partial charge in [-0.2, -0.15) is 0 Å². The number of nitrogens with zero attached hydrogens (tertiary/aromatic N) is 6. The van der Waals surface area contributed by atoms with E-state index in [-0.39, 0.29) is 5.91 Å². The number of aryl methyl sites for hydroxylation is 1. The Bertz CT molecular complexity index is 1630. The van der Waals surface area contributed by atoms with Crippen molar-refractivity contribution in [3.8, 4) is 17.0 Å². The molecule has 0 aliphatic rings. The third-order valence-electron chi connectivity index (χ3n) is 6.51. The summed E-state index contributed by atoms with van der Waals surface area (Å²) in [7, 11) is 7.53. The first-order valence-electron chi connectivity index (χ1n) is 14.4. The number of ether oxygens (including phenoxy) is 1. The van der Waals surface area contributed by atoms with Crippen molar-refractivity contribution in [2.75, 3.05) is 56.9 Å². The average molecular weight is 546 g/mol. The Morgan fingerprint density at radius 1 is 1.18 bits per heavy atom. The lowest BCUT2D eigenvalue weighted by Crippen LogP contribution is -2.29. The maximum Gasteiger partial charge on any atom is 0.247 e. The predicted octanol–water partition coefficient (Wildman–Crippen LogP) is 5.26. The Kier molecular flexibility index (Phi) is 7.48. The van der Waals surface area contributed by atoms with Crippen LogP contribution in [0.2, 0.25) is 0 Å². The molecule has 210 valence electrons. The van der Waals surface area contributed by atoms with E-state index in [4.69, 9.17) is 13.8 Å². The molecule has 1 unspecified atom stereocenters. The number of benzene rings is 2. The van der Waals surface area contributed by atoms with Gasteiger partial charge in [0.15, 0.2) is 0 Å². The Morgan fingerprint density at radius 2 is 1.98 bits per heavy atom. The molecule has 10 nitrogen and oxygen atoms in total. The molecule has 10 heteroatoms. The number of carbonyl (C=O) groups excluding carboxylic acids is 1. The van der Waals surface area contributed by atoms with Crippen molar-refractivity contribution in [1.82, 2.24) is 24.4 Å². The van der Waals surface area contributed by atoms with Crippen LogP contribution in [-0.2, 0) is 4.79 Å². The Morgan fingerprint density at radius 3 is 2.67 bits per heavy atom. The van der Waals surface area contributed by atoms with Gasteiger partial charge in [0.1, 0.15) is 11.6 Å². The van der Waals surface area contributed by atoms with Gasteiger partial charge in [-0.3, -0.25) is 4.79 Å². The minimum absolute atomic E-state index is 0.311. The van der Waals surface area contributed by atoms with E-state index >= 15 is 0 Å². The number of anilines is 4. The number of imidazole rings is 1. The fourth-order valence-corrected chi connectivity index (χ4v) is 4.47. The molecule has 0 radical (unpaired) electrons. The Hall–Kier alpha value is -4.44. The van der Waals surface area contributed by atoms with E-state index in [1.807, 2.05) is 50.3 Å². The minimum Gasteiger partial charge on any atom is -0.494 e. The molecule has 4 rings (SSSR count). The molecule has 0 spiro atoms. The zero-order valence-electron chi connectivity index (χ0n) is 26.8. The summed E-state index contributed by atoms with van der Waals surface area (Å²) in [6.07, 6.45) is 2.86. The first-order chi connectivity index (χ1) is 20.3. The zero-order chi connectivity index (χ0) is 31.5. The summed E-state index contributed by atoms with van der Waals surface area (Å²) in [5.74, 6) is 1.14. The van der Waals surface area contributed by atoms with E-state index in [0.29, 0.717) is 45.6 Å². The van der Waals surface area contributed by atoms with Crippen LogP contribution in [0.4, 0.5) is 23.0 Å². The van der Waals surface area contributed by atoms with Crippen molar-refractivity contribution in [3.63, 3.8) is 0 Å². The lowest BCUT2D eigenvalue weighted by Gasteiger charge is -2.26. The standard InChI is InChI=1S/C30H38N8O2/c1-9-29(39)33-24-17-25(28(40-8)18-26(24)37(7)15-14-36(5)6)35-30-31-13-12-22(34-30)21-10-11-23-27(16-21)38(19(2)3)20(4)32-23/h9-13,16-19H,1,14-15H2,2-8H3,(H,33,39)(H,31,34,35)/i2D3. The van der Waals surface area contributed by atoms with Gasteiger partial charge in [0, 0.05) is 48.1 Å². The minimum atomic E-state index is -2.18. The molecule has 4 aromatic rings. The van der Waals surface area contributed by atoms with Crippen molar-refractivity contribution < 1.29 is 13.6 Å². The van der Waals surface area contributed by atoms with Gasteiger partial charge in [0.25, 0.3) is 0 Å². The molecule has 2 aromatic heterocycles. The number of amides is 1. The van der Waals surface area contributed by atoms with E-state index in [1.165, 1.54) is 6.08 Å². The summed E-state index contributed by atoms with van der Waals surface area (Å²) < 4.78 is 31.2. The second kappa shape index (κ2) is 12.2. The number of rotatable bonds is 11. The third-order valence-corrected chi connectivity index (χ3v) is 6.51. The first-order valence-corrected chi connectivity index (χ1v) is 12.9. The summed E-state index contributed by atoms with van der Waals surface area (Å²) in [6, 6.07) is 10.3. The number of nitrogens with one attached hydrogen (secondary N) is 2. The van der Waals surface area contributed by atoms with Gasteiger partial charge >= 0.3 is 0 Å². The highest BCUT2D eigenvalue weighted by Crippen LogP contribution is 2.38. The average Bonchev–Trinajstić information content (AvgIpc) is 3.29. The van der Waals surface area contributed by atoms with Gasteiger partial charge < -0.3 is 29.7 Å². The number of likely N-dealkylation sites (N-methyl/N-ethyl adjacent to an activating group) is 2. The molecule has 2 aromatic carbocycles. The third kappa shape index (κ3) is 6.23. The van der Waals surface area contributed by atoms with Crippen molar-refractivity contribution in [2.24, 2.45) is 0 Å². The van der Waals surface area contributed by atoms with E-state index in [0.717, 1.165) is 24.3 Å². The highest BCUT2D eigenvalue weighted by Gasteiger charge is 2.17. The lowest BCUT2D eigenvalue weighted by atomic mass is 10.1. The molecule has 40 heavy (non-hydrogen) atoms. The second-order valence-electron chi connectivity index (χ2n) is 9.79. The summed E-state index contributed by atoms with van der Waals surface area (Å²) in [6.45, 7) is 6.41. The summed E-state index contributed by atoms with van der Waals surface area (Å²) in [4.78, 5) is 30.1. The van der Waals surface area contributed by atoms with Crippen molar-refractivity contribution in [2.45, 2.75) is 26.7 Å². The van der Waals surface area contributed by atoms with Crippen molar-refractivity contribution in [1.29, 1.82) is 0 Å². The highest BCUT2D eigenvalue weighted by atomic mass is 16.5. The van der Waals surface area contributed by atoms with Crippen LogP contribution >= 0.6 is 0 Å². The summed E-state index contributed by atoms with van der Waals surface area (Å²) in [5.41, 5.74) is 4.73. The Labute approximate surface area is 239 Å². The fraction of sp³-hybridized carbons (Fsp3) is 0.333. The quantitative estimate of drug-likeness (QED) is 0.246.